The Hall–Kier alpha value is -2.65. The fourth-order valence-electron chi connectivity index (χ4n) is 2.98. The Balaban J connectivity index is 1.81. The van der Waals surface area contributed by atoms with Gasteiger partial charge in [-0.2, -0.15) is 0 Å². The monoisotopic (exact) mass is 433 g/mol. The molecule has 1 saturated carbocycles. The first-order chi connectivity index (χ1) is 13.9. The van der Waals surface area contributed by atoms with Crippen LogP contribution >= 0.6 is 11.6 Å². The number of hydrogen-bond acceptors (Lipinski definition) is 7. The second-order valence-electron chi connectivity index (χ2n) is 6.89. The van der Waals surface area contributed by atoms with Gasteiger partial charge in [0.05, 0.1) is 16.5 Å². The second kappa shape index (κ2) is 7.64. The number of nitrogens with two attached hydrogens (primary N) is 1. The summed E-state index contributed by atoms with van der Waals surface area (Å²) in [6.07, 6.45) is 4.06. The lowest BCUT2D eigenvalue weighted by Crippen LogP contribution is -2.16. The van der Waals surface area contributed by atoms with Gasteiger partial charge in [0.1, 0.15) is 11.4 Å². The highest BCUT2D eigenvalue weighted by Crippen LogP contribution is 2.45. The molecule has 29 heavy (non-hydrogen) atoms. The molecule has 152 valence electrons. The van der Waals surface area contributed by atoms with Crippen LogP contribution in [-0.4, -0.2) is 29.1 Å². The van der Waals surface area contributed by atoms with Crippen molar-refractivity contribution in [1.29, 1.82) is 0 Å². The summed E-state index contributed by atoms with van der Waals surface area (Å²) in [5.74, 6) is 1.43. The first-order valence-electron chi connectivity index (χ1n) is 9.27. The lowest BCUT2D eigenvalue weighted by Gasteiger charge is -2.11. The minimum atomic E-state index is -3.49. The lowest BCUT2D eigenvalue weighted by atomic mass is 10.1. The zero-order valence-electron chi connectivity index (χ0n) is 15.7. The third kappa shape index (κ3) is 4.20. The van der Waals surface area contributed by atoms with Crippen molar-refractivity contribution < 1.29 is 12.8 Å². The van der Waals surface area contributed by atoms with E-state index in [-0.39, 0.29) is 22.6 Å². The predicted molar refractivity (Wildman–Crippen MR) is 112 cm³/mol. The predicted octanol–water partition coefficient (Wildman–Crippen LogP) is 4.06. The summed E-state index contributed by atoms with van der Waals surface area (Å²) in [6, 6.07) is 6.78. The minimum absolute atomic E-state index is 0.00874. The van der Waals surface area contributed by atoms with E-state index in [1.807, 2.05) is 0 Å². The molecule has 2 aromatic heterocycles. The number of hydrogen-bond donors (Lipinski definition) is 2. The van der Waals surface area contributed by atoms with Gasteiger partial charge in [-0.05, 0) is 31.4 Å². The summed E-state index contributed by atoms with van der Waals surface area (Å²) < 4.78 is 32.9. The minimum Gasteiger partial charge on any atom is -0.438 e. The van der Waals surface area contributed by atoms with Crippen LogP contribution in [0.25, 0.3) is 22.7 Å². The molecule has 0 saturated heterocycles. The average Bonchev–Trinajstić information content (AvgIpc) is 3.42. The van der Waals surface area contributed by atoms with Gasteiger partial charge in [-0.3, -0.25) is 4.72 Å². The highest BCUT2D eigenvalue weighted by molar-refractivity contribution is 7.92. The summed E-state index contributed by atoms with van der Waals surface area (Å²) in [6.45, 7) is 1.80. The van der Waals surface area contributed by atoms with E-state index >= 15 is 0 Å². The molecule has 0 spiro atoms. The van der Waals surface area contributed by atoms with Gasteiger partial charge in [0.2, 0.25) is 16.0 Å². The number of nitrogens with zero attached hydrogens (tertiary/aromatic N) is 3. The highest BCUT2D eigenvalue weighted by atomic mass is 35.5. The normalized spacial score (nSPS) is 14.1. The van der Waals surface area contributed by atoms with E-state index in [1.54, 1.807) is 31.2 Å². The van der Waals surface area contributed by atoms with E-state index in [0.29, 0.717) is 40.7 Å². The maximum Gasteiger partial charge on any atom is 0.232 e. The Morgan fingerprint density at radius 1 is 1.28 bits per heavy atom. The topological polar surface area (TPSA) is 124 Å². The fraction of sp³-hybridized carbons (Fsp3) is 0.316. The molecule has 4 rings (SSSR count). The number of anilines is 2. The van der Waals surface area contributed by atoms with Gasteiger partial charge in [0.25, 0.3) is 0 Å². The van der Waals surface area contributed by atoms with Crippen molar-refractivity contribution in [2.24, 2.45) is 0 Å². The average molecular weight is 434 g/mol. The van der Waals surface area contributed by atoms with E-state index in [2.05, 4.69) is 19.7 Å². The van der Waals surface area contributed by atoms with E-state index in [0.717, 1.165) is 12.8 Å². The number of nitrogens with one attached hydrogen (secondary N) is 1. The number of aromatic nitrogens is 3. The molecule has 3 N–H and O–H groups in total. The number of halogens is 1. The number of oxazole rings is 1. The molecule has 1 fully saturated rings. The maximum atomic E-state index is 12.2. The van der Waals surface area contributed by atoms with Crippen LogP contribution in [0.15, 0.2) is 34.9 Å². The molecule has 0 aliphatic heterocycles. The molecule has 1 aromatic carbocycles. The molecule has 2 heterocycles. The van der Waals surface area contributed by atoms with Gasteiger partial charge in [0.15, 0.2) is 11.7 Å². The molecule has 8 nitrogen and oxygen atoms in total. The zero-order valence-corrected chi connectivity index (χ0v) is 17.3. The van der Waals surface area contributed by atoms with Crippen LogP contribution in [0.5, 0.6) is 0 Å². The van der Waals surface area contributed by atoms with E-state index < -0.39 is 10.0 Å². The van der Waals surface area contributed by atoms with Crippen molar-refractivity contribution in [3.05, 3.63) is 41.4 Å². The molecule has 0 bridgehead atoms. The molecule has 0 amide bonds. The first-order valence-corrected chi connectivity index (χ1v) is 11.3. The Kier molecular flexibility index (Phi) is 5.18. The molecule has 1 aliphatic rings. The van der Waals surface area contributed by atoms with E-state index in [1.165, 1.54) is 6.20 Å². The lowest BCUT2D eigenvalue weighted by molar-refractivity contribution is 0.508. The van der Waals surface area contributed by atoms with Crippen LogP contribution < -0.4 is 10.5 Å². The third-order valence-corrected chi connectivity index (χ3v) is 6.35. The highest BCUT2D eigenvalue weighted by Gasteiger charge is 2.32. The quantitative estimate of drug-likeness (QED) is 0.575. The van der Waals surface area contributed by atoms with Crippen molar-refractivity contribution >= 4 is 33.3 Å². The van der Waals surface area contributed by atoms with E-state index in [9.17, 15) is 8.42 Å². The van der Waals surface area contributed by atoms with Gasteiger partial charge in [-0.1, -0.05) is 30.7 Å². The zero-order chi connectivity index (χ0) is 20.6. The van der Waals surface area contributed by atoms with Gasteiger partial charge >= 0.3 is 0 Å². The molecular weight excluding hydrogens is 414 g/mol. The van der Waals surface area contributed by atoms with Crippen LogP contribution in [-0.2, 0) is 10.0 Å². The number of rotatable bonds is 7. The molecule has 3 aromatic rings. The largest absolute Gasteiger partial charge is 0.438 e. The Morgan fingerprint density at radius 3 is 2.76 bits per heavy atom. The molecule has 10 heteroatoms. The van der Waals surface area contributed by atoms with Gasteiger partial charge in [-0.15, -0.1) is 0 Å². The van der Waals surface area contributed by atoms with Crippen LogP contribution in [0.3, 0.4) is 0 Å². The van der Waals surface area contributed by atoms with Gasteiger partial charge < -0.3 is 10.2 Å². The van der Waals surface area contributed by atoms with Crippen LogP contribution in [0.4, 0.5) is 11.6 Å². The Labute approximate surface area is 173 Å². The van der Waals surface area contributed by atoms with Crippen LogP contribution in [0.2, 0.25) is 5.02 Å². The van der Waals surface area contributed by atoms with Crippen LogP contribution in [0.1, 0.15) is 38.0 Å². The van der Waals surface area contributed by atoms with Crippen molar-refractivity contribution in [3.8, 4) is 22.7 Å². The van der Waals surface area contributed by atoms with E-state index in [4.69, 9.17) is 21.8 Å². The third-order valence-electron chi connectivity index (χ3n) is 4.47. The van der Waals surface area contributed by atoms with Gasteiger partial charge in [0, 0.05) is 17.7 Å². The summed E-state index contributed by atoms with van der Waals surface area (Å²) >= 11 is 6.58. The molecule has 0 unspecified atom stereocenters. The van der Waals surface area contributed by atoms with Crippen molar-refractivity contribution in [3.63, 3.8) is 0 Å². The van der Waals surface area contributed by atoms with Crippen LogP contribution in [0, 0.1) is 0 Å². The Morgan fingerprint density at radius 2 is 2.07 bits per heavy atom. The van der Waals surface area contributed by atoms with Crippen molar-refractivity contribution in [2.75, 3.05) is 16.2 Å². The standard InChI is InChI=1S/C19H20ClN5O3S/c1-2-10-29(26,27)25-13-5-3-4-12(15(13)20)16-17(14-8-9-22-19(21)23-14)28-18(24-16)11-6-7-11/h3-5,8-9,11,25H,2,6-7,10H2,1H3,(H2,21,22,23). The molecule has 0 atom stereocenters. The number of nitrogen functional groups attached to an aromatic ring is 1. The molecular formula is C19H20ClN5O3S. The maximum absolute atomic E-state index is 12.2. The van der Waals surface area contributed by atoms with Gasteiger partial charge in [-0.25, -0.2) is 23.4 Å². The SMILES string of the molecule is CCCS(=O)(=O)Nc1cccc(-c2nc(C3CC3)oc2-c2ccnc(N)n2)c1Cl. The first kappa shape index (κ1) is 19.7. The second-order valence-corrected chi connectivity index (χ2v) is 9.11. The molecule has 1 aliphatic carbocycles. The number of benzene rings is 1. The van der Waals surface area contributed by atoms with Crippen molar-refractivity contribution in [2.45, 2.75) is 32.1 Å². The number of sulfonamides is 1. The smallest absolute Gasteiger partial charge is 0.232 e. The fourth-order valence-corrected chi connectivity index (χ4v) is 4.44. The summed E-state index contributed by atoms with van der Waals surface area (Å²) in [7, 11) is -3.49. The summed E-state index contributed by atoms with van der Waals surface area (Å²) in [5, 5.41) is 0.242. The summed E-state index contributed by atoms with van der Waals surface area (Å²) in [4.78, 5) is 12.8. The molecule has 0 radical (unpaired) electrons. The Bertz CT molecular complexity index is 1160. The van der Waals surface area contributed by atoms with Crippen molar-refractivity contribution in [1.82, 2.24) is 15.0 Å². The summed E-state index contributed by atoms with van der Waals surface area (Å²) in [5.41, 5.74) is 7.55.